The summed E-state index contributed by atoms with van der Waals surface area (Å²) < 4.78 is 0. The van der Waals surface area contributed by atoms with E-state index in [4.69, 9.17) is 0 Å². The molecule has 2 N–H and O–H groups in total. The third-order valence-corrected chi connectivity index (χ3v) is 4.24. The van der Waals surface area contributed by atoms with E-state index in [0.717, 1.165) is 24.8 Å². The number of nitrogens with one attached hydrogen (secondary N) is 1. The van der Waals surface area contributed by atoms with Crippen molar-refractivity contribution in [2.45, 2.75) is 71.9 Å². The van der Waals surface area contributed by atoms with E-state index in [-0.39, 0.29) is 0 Å². The standard InChI is InChI=1S/C15H31NO/c1-11(2)16-7-6-15(5,17)14-9-12(3)8-13(4)10-14/h11-14,16-17H,6-10H2,1-5H3. The van der Waals surface area contributed by atoms with E-state index in [1.54, 1.807) is 0 Å². The molecule has 102 valence electrons. The Bertz CT molecular complexity index is 215. The third-order valence-electron chi connectivity index (χ3n) is 4.24. The lowest BCUT2D eigenvalue weighted by atomic mass is 9.69. The van der Waals surface area contributed by atoms with Gasteiger partial charge in [-0.15, -0.1) is 0 Å². The van der Waals surface area contributed by atoms with E-state index in [2.05, 4.69) is 33.0 Å². The molecule has 0 saturated heterocycles. The molecule has 1 saturated carbocycles. The minimum Gasteiger partial charge on any atom is -0.390 e. The second-order valence-corrected chi connectivity index (χ2v) is 6.83. The van der Waals surface area contributed by atoms with E-state index >= 15 is 0 Å². The second-order valence-electron chi connectivity index (χ2n) is 6.83. The number of hydrogen-bond donors (Lipinski definition) is 2. The molecule has 2 heteroatoms. The fraction of sp³-hybridized carbons (Fsp3) is 1.00. The molecular formula is C15H31NO. The van der Waals surface area contributed by atoms with E-state index in [9.17, 15) is 5.11 Å². The molecule has 3 unspecified atom stereocenters. The second kappa shape index (κ2) is 6.19. The van der Waals surface area contributed by atoms with Crippen LogP contribution in [0.5, 0.6) is 0 Å². The predicted molar refractivity (Wildman–Crippen MR) is 74.0 cm³/mol. The van der Waals surface area contributed by atoms with Crippen LogP contribution in [0.25, 0.3) is 0 Å². The summed E-state index contributed by atoms with van der Waals surface area (Å²) in [7, 11) is 0. The minimum atomic E-state index is -0.495. The van der Waals surface area contributed by atoms with Gasteiger partial charge in [-0.3, -0.25) is 0 Å². The average molecular weight is 241 g/mol. The Labute approximate surface area is 107 Å². The zero-order chi connectivity index (χ0) is 13.1. The van der Waals surface area contributed by atoms with Gasteiger partial charge in [-0.1, -0.05) is 27.7 Å². The summed E-state index contributed by atoms with van der Waals surface area (Å²) >= 11 is 0. The highest BCUT2D eigenvalue weighted by molar-refractivity contribution is 4.88. The van der Waals surface area contributed by atoms with Crippen molar-refractivity contribution in [2.24, 2.45) is 17.8 Å². The van der Waals surface area contributed by atoms with Gasteiger partial charge in [0.15, 0.2) is 0 Å². The summed E-state index contributed by atoms with van der Waals surface area (Å²) in [5.74, 6) is 2.02. The van der Waals surface area contributed by atoms with Gasteiger partial charge >= 0.3 is 0 Å². The molecule has 0 aromatic heterocycles. The molecule has 1 rings (SSSR count). The van der Waals surface area contributed by atoms with Crippen LogP contribution in [0, 0.1) is 17.8 Å². The molecule has 0 bridgehead atoms. The Balaban J connectivity index is 2.44. The lowest BCUT2D eigenvalue weighted by Gasteiger charge is -2.40. The van der Waals surface area contributed by atoms with Gasteiger partial charge in [0, 0.05) is 6.04 Å². The molecule has 1 fully saturated rings. The normalized spacial score (nSPS) is 33.7. The highest BCUT2D eigenvalue weighted by atomic mass is 16.3. The van der Waals surface area contributed by atoms with Gasteiger partial charge in [0.05, 0.1) is 5.60 Å². The monoisotopic (exact) mass is 241 g/mol. The van der Waals surface area contributed by atoms with Crippen molar-refractivity contribution >= 4 is 0 Å². The van der Waals surface area contributed by atoms with Crippen LogP contribution in [0.2, 0.25) is 0 Å². The summed E-state index contributed by atoms with van der Waals surface area (Å²) in [5, 5.41) is 14.1. The first-order valence-electron chi connectivity index (χ1n) is 7.27. The SMILES string of the molecule is CC1CC(C)CC(C(C)(O)CCNC(C)C)C1. The first-order chi connectivity index (χ1) is 7.81. The quantitative estimate of drug-likeness (QED) is 0.775. The van der Waals surface area contributed by atoms with Crippen LogP contribution < -0.4 is 5.32 Å². The number of hydrogen-bond acceptors (Lipinski definition) is 2. The topological polar surface area (TPSA) is 32.3 Å². The van der Waals surface area contributed by atoms with Gasteiger partial charge in [-0.05, 0) is 56.9 Å². The summed E-state index contributed by atoms with van der Waals surface area (Å²) in [5.41, 5.74) is -0.495. The fourth-order valence-corrected chi connectivity index (χ4v) is 3.27. The molecule has 1 aliphatic rings. The molecule has 3 atom stereocenters. The molecule has 1 aliphatic carbocycles. The highest BCUT2D eigenvalue weighted by Crippen LogP contribution is 2.39. The summed E-state index contributed by atoms with van der Waals surface area (Å²) in [6.07, 6.45) is 4.59. The molecule has 0 aromatic rings. The van der Waals surface area contributed by atoms with Gasteiger partial charge < -0.3 is 10.4 Å². The molecule has 0 aliphatic heterocycles. The zero-order valence-electron chi connectivity index (χ0n) is 12.3. The molecule has 17 heavy (non-hydrogen) atoms. The van der Waals surface area contributed by atoms with Gasteiger partial charge in [0.1, 0.15) is 0 Å². The Morgan fingerprint density at radius 3 is 2.18 bits per heavy atom. The van der Waals surface area contributed by atoms with E-state index in [0.29, 0.717) is 12.0 Å². The van der Waals surface area contributed by atoms with Crippen molar-refractivity contribution < 1.29 is 5.11 Å². The summed E-state index contributed by atoms with van der Waals surface area (Å²) in [4.78, 5) is 0. The van der Waals surface area contributed by atoms with Gasteiger partial charge in [-0.25, -0.2) is 0 Å². The van der Waals surface area contributed by atoms with Crippen LogP contribution in [0.1, 0.15) is 60.3 Å². The summed E-state index contributed by atoms with van der Waals surface area (Å²) in [6.45, 7) is 11.9. The molecular weight excluding hydrogens is 210 g/mol. The van der Waals surface area contributed by atoms with E-state index in [1.165, 1.54) is 19.3 Å². The Morgan fingerprint density at radius 2 is 1.71 bits per heavy atom. The van der Waals surface area contributed by atoms with E-state index in [1.807, 2.05) is 6.92 Å². The maximum absolute atomic E-state index is 10.6. The van der Waals surface area contributed by atoms with Crippen molar-refractivity contribution in [1.29, 1.82) is 0 Å². The first kappa shape index (κ1) is 15.0. The number of aliphatic hydroxyl groups is 1. The van der Waals surface area contributed by atoms with Gasteiger partial charge in [0.25, 0.3) is 0 Å². The summed E-state index contributed by atoms with van der Waals surface area (Å²) in [6, 6.07) is 0.509. The van der Waals surface area contributed by atoms with Crippen LogP contribution in [-0.4, -0.2) is 23.3 Å². The van der Waals surface area contributed by atoms with Crippen molar-refractivity contribution in [3.63, 3.8) is 0 Å². The van der Waals surface area contributed by atoms with Crippen molar-refractivity contribution in [3.8, 4) is 0 Å². The lowest BCUT2D eigenvalue weighted by Crippen LogP contribution is -2.42. The molecule has 0 aromatic carbocycles. The first-order valence-corrected chi connectivity index (χ1v) is 7.27. The van der Waals surface area contributed by atoms with Crippen LogP contribution in [0.3, 0.4) is 0 Å². The van der Waals surface area contributed by atoms with Crippen LogP contribution in [0.4, 0.5) is 0 Å². The molecule has 0 heterocycles. The molecule has 0 radical (unpaired) electrons. The predicted octanol–water partition coefficient (Wildman–Crippen LogP) is 3.20. The minimum absolute atomic E-state index is 0.482. The average Bonchev–Trinajstić information content (AvgIpc) is 2.14. The molecule has 0 spiro atoms. The van der Waals surface area contributed by atoms with Crippen molar-refractivity contribution in [2.75, 3.05) is 6.54 Å². The molecule has 2 nitrogen and oxygen atoms in total. The van der Waals surface area contributed by atoms with Crippen LogP contribution >= 0.6 is 0 Å². The zero-order valence-corrected chi connectivity index (χ0v) is 12.3. The van der Waals surface area contributed by atoms with Crippen molar-refractivity contribution in [3.05, 3.63) is 0 Å². The largest absolute Gasteiger partial charge is 0.390 e. The van der Waals surface area contributed by atoms with Crippen molar-refractivity contribution in [1.82, 2.24) is 5.32 Å². The van der Waals surface area contributed by atoms with Crippen LogP contribution in [-0.2, 0) is 0 Å². The highest BCUT2D eigenvalue weighted by Gasteiger charge is 2.36. The number of rotatable bonds is 5. The Hall–Kier alpha value is -0.0800. The van der Waals surface area contributed by atoms with Gasteiger partial charge in [-0.2, -0.15) is 0 Å². The lowest BCUT2D eigenvalue weighted by molar-refractivity contribution is -0.0395. The third kappa shape index (κ3) is 4.97. The van der Waals surface area contributed by atoms with Gasteiger partial charge in [0.2, 0.25) is 0 Å². The maximum Gasteiger partial charge on any atom is 0.0660 e. The smallest absolute Gasteiger partial charge is 0.0660 e. The Kier molecular flexibility index (Phi) is 5.46. The van der Waals surface area contributed by atoms with Crippen LogP contribution in [0.15, 0.2) is 0 Å². The Morgan fingerprint density at radius 1 is 1.18 bits per heavy atom. The fourth-order valence-electron chi connectivity index (χ4n) is 3.27. The van der Waals surface area contributed by atoms with E-state index < -0.39 is 5.60 Å². The maximum atomic E-state index is 10.6. The molecule has 0 amide bonds.